The Bertz CT molecular complexity index is 342. The fraction of sp³-hybridized carbons (Fsp3) is 0.500. The van der Waals surface area contributed by atoms with Crippen LogP contribution in [-0.2, 0) is 0 Å². The standard InChI is InChI=1S/C12H16F2N2/c1-9(16-4-2-15-3-5-16)10-6-11(13)8-12(14)7-10/h6-9,15H,2-5H2,1H3. The SMILES string of the molecule is CC(c1cc(F)cc(F)c1)N1CCNCC1. The molecule has 2 rings (SSSR count). The summed E-state index contributed by atoms with van der Waals surface area (Å²) in [4.78, 5) is 2.23. The number of nitrogens with one attached hydrogen (secondary N) is 1. The van der Waals surface area contributed by atoms with Crippen molar-refractivity contribution in [3.05, 3.63) is 35.4 Å². The molecule has 0 aromatic heterocycles. The molecule has 1 unspecified atom stereocenters. The van der Waals surface area contributed by atoms with Gasteiger partial charge in [0.1, 0.15) is 11.6 Å². The van der Waals surface area contributed by atoms with E-state index in [1.165, 1.54) is 12.1 Å². The van der Waals surface area contributed by atoms with Crippen molar-refractivity contribution >= 4 is 0 Å². The number of rotatable bonds is 2. The lowest BCUT2D eigenvalue weighted by atomic mass is 10.1. The minimum Gasteiger partial charge on any atom is -0.314 e. The van der Waals surface area contributed by atoms with E-state index in [1.807, 2.05) is 6.92 Å². The zero-order chi connectivity index (χ0) is 11.5. The first-order valence-electron chi connectivity index (χ1n) is 5.57. The lowest BCUT2D eigenvalue weighted by Crippen LogP contribution is -2.44. The minimum atomic E-state index is -0.503. The van der Waals surface area contributed by atoms with Crippen LogP contribution in [0.5, 0.6) is 0 Å². The molecule has 4 heteroatoms. The van der Waals surface area contributed by atoms with Crippen molar-refractivity contribution in [1.29, 1.82) is 0 Å². The molecule has 1 aliphatic rings. The quantitative estimate of drug-likeness (QED) is 0.829. The summed E-state index contributed by atoms with van der Waals surface area (Å²) in [6.45, 7) is 5.68. The van der Waals surface area contributed by atoms with E-state index in [4.69, 9.17) is 0 Å². The van der Waals surface area contributed by atoms with E-state index in [0.717, 1.165) is 32.2 Å². The summed E-state index contributed by atoms with van der Waals surface area (Å²) in [6, 6.07) is 3.80. The number of hydrogen-bond acceptors (Lipinski definition) is 2. The molecule has 0 saturated carbocycles. The van der Waals surface area contributed by atoms with Gasteiger partial charge in [-0.3, -0.25) is 4.90 Å². The van der Waals surface area contributed by atoms with Crippen LogP contribution in [0.4, 0.5) is 8.78 Å². The van der Waals surface area contributed by atoms with Crippen LogP contribution in [0, 0.1) is 11.6 Å². The van der Waals surface area contributed by atoms with Crippen LogP contribution in [-0.4, -0.2) is 31.1 Å². The van der Waals surface area contributed by atoms with Gasteiger partial charge in [0.2, 0.25) is 0 Å². The fourth-order valence-electron chi connectivity index (χ4n) is 2.10. The van der Waals surface area contributed by atoms with Gasteiger partial charge in [-0.1, -0.05) is 0 Å². The van der Waals surface area contributed by atoms with Crippen molar-refractivity contribution in [2.24, 2.45) is 0 Å². The van der Waals surface area contributed by atoms with Gasteiger partial charge in [0, 0.05) is 38.3 Å². The first-order valence-corrected chi connectivity index (χ1v) is 5.57. The van der Waals surface area contributed by atoms with Crippen molar-refractivity contribution < 1.29 is 8.78 Å². The second kappa shape index (κ2) is 4.89. The Kier molecular flexibility index (Phi) is 3.51. The zero-order valence-corrected chi connectivity index (χ0v) is 9.34. The highest BCUT2D eigenvalue weighted by atomic mass is 19.1. The van der Waals surface area contributed by atoms with Crippen LogP contribution in [0.15, 0.2) is 18.2 Å². The normalized spacial score (nSPS) is 19.7. The van der Waals surface area contributed by atoms with E-state index in [-0.39, 0.29) is 6.04 Å². The van der Waals surface area contributed by atoms with Crippen molar-refractivity contribution in [3.8, 4) is 0 Å². The fourth-order valence-corrected chi connectivity index (χ4v) is 2.10. The smallest absolute Gasteiger partial charge is 0.126 e. The molecule has 1 heterocycles. The Morgan fingerprint density at radius 1 is 1.12 bits per heavy atom. The van der Waals surface area contributed by atoms with Crippen molar-refractivity contribution in [3.63, 3.8) is 0 Å². The third kappa shape index (κ3) is 2.57. The molecule has 1 aromatic carbocycles. The molecule has 0 aliphatic carbocycles. The van der Waals surface area contributed by atoms with E-state index in [1.54, 1.807) is 0 Å². The molecule has 0 radical (unpaired) electrons. The molecule has 0 amide bonds. The highest BCUT2D eigenvalue weighted by molar-refractivity contribution is 5.21. The van der Waals surface area contributed by atoms with E-state index in [9.17, 15) is 8.78 Å². The Morgan fingerprint density at radius 3 is 2.25 bits per heavy atom. The maximum absolute atomic E-state index is 13.1. The Balaban J connectivity index is 2.15. The second-order valence-electron chi connectivity index (χ2n) is 4.16. The largest absolute Gasteiger partial charge is 0.314 e. The van der Waals surface area contributed by atoms with Gasteiger partial charge in [0.15, 0.2) is 0 Å². The second-order valence-corrected chi connectivity index (χ2v) is 4.16. The lowest BCUT2D eigenvalue weighted by molar-refractivity contribution is 0.185. The predicted octanol–water partition coefficient (Wildman–Crippen LogP) is 1.93. The van der Waals surface area contributed by atoms with Gasteiger partial charge in [-0.05, 0) is 24.6 Å². The molecular formula is C12H16F2N2. The zero-order valence-electron chi connectivity index (χ0n) is 9.34. The van der Waals surface area contributed by atoms with Gasteiger partial charge >= 0.3 is 0 Å². The molecule has 0 spiro atoms. The molecule has 88 valence electrons. The number of nitrogens with zero attached hydrogens (tertiary/aromatic N) is 1. The molecule has 1 saturated heterocycles. The third-order valence-corrected chi connectivity index (χ3v) is 3.07. The topological polar surface area (TPSA) is 15.3 Å². The summed E-state index contributed by atoms with van der Waals surface area (Å²) in [7, 11) is 0. The van der Waals surface area contributed by atoms with Crippen LogP contribution in [0.2, 0.25) is 0 Å². The maximum atomic E-state index is 13.1. The van der Waals surface area contributed by atoms with Crippen molar-refractivity contribution in [1.82, 2.24) is 10.2 Å². The number of piperazine rings is 1. The summed E-state index contributed by atoms with van der Waals surface area (Å²) < 4.78 is 26.2. The van der Waals surface area contributed by atoms with Gasteiger partial charge in [-0.25, -0.2) is 8.78 Å². The van der Waals surface area contributed by atoms with Gasteiger partial charge in [0.25, 0.3) is 0 Å². The molecule has 1 N–H and O–H groups in total. The monoisotopic (exact) mass is 226 g/mol. The lowest BCUT2D eigenvalue weighted by Gasteiger charge is -2.33. The Hall–Kier alpha value is -1.00. The van der Waals surface area contributed by atoms with Gasteiger partial charge in [-0.15, -0.1) is 0 Å². The third-order valence-electron chi connectivity index (χ3n) is 3.07. The summed E-state index contributed by atoms with van der Waals surface area (Å²) in [5.74, 6) is -1.01. The van der Waals surface area contributed by atoms with Crippen molar-refractivity contribution in [2.75, 3.05) is 26.2 Å². The summed E-state index contributed by atoms with van der Waals surface area (Å²) >= 11 is 0. The van der Waals surface area contributed by atoms with Gasteiger partial charge in [-0.2, -0.15) is 0 Å². The molecule has 1 fully saturated rings. The van der Waals surface area contributed by atoms with Crippen LogP contribution in [0.3, 0.4) is 0 Å². The molecule has 1 aliphatic heterocycles. The average molecular weight is 226 g/mol. The predicted molar refractivity (Wildman–Crippen MR) is 59.2 cm³/mol. The summed E-state index contributed by atoms with van der Waals surface area (Å²) in [5.41, 5.74) is 0.708. The Labute approximate surface area is 94.3 Å². The van der Waals surface area contributed by atoms with E-state index in [2.05, 4.69) is 10.2 Å². The van der Waals surface area contributed by atoms with Crippen molar-refractivity contribution in [2.45, 2.75) is 13.0 Å². The first kappa shape index (κ1) is 11.5. The number of hydrogen-bond donors (Lipinski definition) is 1. The molecule has 2 nitrogen and oxygen atoms in total. The highest BCUT2D eigenvalue weighted by Gasteiger charge is 2.18. The number of halogens is 2. The van der Waals surface area contributed by atoms with E-state index in [0.29, 0.717) is 5.56 Å². The van der Waals surface area contributed by atoms with Gasteiger partial charge in [0.05, 0.1) is 0 Å². The molecule has 0 bridgehead atoms. The molecule has 1 aromatic rings. The highest BCUT2D eigenvalue weighted by Crippen LogP contribution is 2.22. The minimum absolute atomic E-state index is 0.0623. The first-order chi connectivity index (χ1) is 7.66. The molecular weight excluding hydrogens is 210 g/mol. The summed E-state index contributed by atoms with van der Waals surface area (Å²) in [5, 5.41) is 3.25. The van der Waals surface area contributed by atoms with Gasteiger partial charge < -0.3 is 5.32 Å². The van der Waals surface area contributed by atoms with Crippen LogP contribution in [0.1, 0.15) is 18.5 Å². The van der Waals surface area contributed by atoms with Crippen LogP contribution < -0.4 is 5.32 Å². The van der Waals surface area contributed by atoms with E-state index >= 15 is 0 Å². The van der Waals surface area contributed by atoms with Crippen LogP contribution >= 0.6 is 0 Å². The average Bonchev–Trinajstić information content (AvgIpc) is 2.28. The molecule has 16 heavy (non-hydrogen) atoms. The van der Waals surface area contributed by atoms with E-state index < -0.39 is 11.6 Å². The summed E-state index contributed by atoms with van der Waals surface area (Å²) in [6.07, 6.45) is 0. The van der Waals surface area contributed by atoms with Crippen LogP contribution in [0.25, 0.3) is 0 Å². The maximum Gasteiger partial charge on any atom is 0.126 e. The molecule has 1 atom stereocenters. The number of benzene rings is 1. The Morgan fingerprint density at radius 2 is 1.69 bits per heavy atom.